The molecule has 0 aromatic rings. The van der Waals surface area contributed by atoms with Gasteiger partial charge in [0.2, 0.25) is 0 Å². The molecule has 8 nitrogen and oxygen atoms in total. The van der Waals surface area contributed by atoms with Crippen LogP contribution in [0, 0.1) is 0 Å². The third-order valence-electron chi connectivity index (χ3n) is 23.9. The molecule has 6 fully saturated rings. The van der Waals surface area contributed by atoms with Crippen molar-refractivity contribution >= 4 is 0 Å². The van der Waals surface area contributed by atoms with E-state index in [1.165, 1.54) is 256 Å². The molecule has 6 rings (SSSR count). The summed E-state index contributed by atoms with van der Waals surface area (Å²) in [5.41, 5.74) is 0. The van der Waals surface area contributed by atoms with Gasteiger partial charge in [0, 0.05) is 25.7 Å². The summed E-state index contributed by atoms with van der Waals surface area (Å²) in [6.45, 7) is 68.0. The number of rotatable bonds is 12. The van der Waals surface area contributed by atoms with Gasteiger partial charge in [-0.3, -0.25) is 0 Å². The summed E-state index contributed by atoms with van der Waals surface area (Å²) in [4.78, 5) is 0. The van der Waals surface area contributed by atoms with Crippen molar-refractivity contribution < 1.29 is 132 Å². The summed E-state index contributed by atoms with van der Waals surface area (Å²) in [6.07, 6.45) is 26.0. The molecule has 0 aromatic carbocycles. The normalized spacial score (nSPS) is 20.2. The zero-order valence-electron chi connectivity index (χ0n) is 61.7. The summed E-state index contributed by atoms with van der Waals surface area (Å²) in [6, 6.07) is 6.45. The first kappa shape index (κ1) is 110. The number of hydrogen-bond donors (Lipinski definition) is 0. The van der Waals surface area contributed by atoms with Crippen LogP contribution in [0.3, 0.4) is 0 Å². The number of piperidine rings is 2. The topological polar surface area (TPSA) is 0 Å². The average Bonchev–Trinajstić information content (AvgIpc) is 3.91. The third-order valence-corrected chi connectivity index (χ3v) is 23.9. The van der Waals surface area contributed by atoms with Crippen LogP contribution in [0.15, 0.2) is 0 Å². The molecule has 6 aliphatic rings. The second kappa shape index (κ2) is 55.7. The van der Waals surface area contributed by atoms with Crippen LogP contribution in [0.1, 0.15) is 284 Å². The standard InChI is InChI=1S/2C10H22N.2C9H20N.2C8H18N.2C8H20N.4CH4.4HI/c2*1-10(2)11(3)8-6-4-5-7-9-11;2*1-9(2)10(3)7-5-4-6-8-10;2*1-8(2)9(3)6-4-5-7-9;2*1-6-9(5,7-2)8(3)4;;;;;;;;/h2*10H,4-9H2,1-3H3;2*9H,4-8H2,1-3H3;2*8H,4-7H2,1-3H3;2*8H,6-7H2,1-5H3;4*1H4;4*1H/q8*+1;;;;;;;;/p-4. The van der Waals surface area contributed by atoms with E-state index < -0.39 is 0 Å². The maximum absolute atomic E-state index is 2.41. The first-order chi connectivity index (χ1) is 36.0. The largest absolute Gasteiger partial charge is 1.00 e. The summed E-state index contributed by atoms with van der Waals surface area (Å²) in [5.74, 6) is 0. The number of quaternary nitrogens is 8. The van der Waals surface area contributed by atoms with Crippen LogP contribution in [0.2, 0.25) is 0 Å². The van der Waals surface area contributed by atoms with Gasteiger partial charge in [0.15, 0.2) is 0 Å². The Morgan fingerprint density at radius 1 is 0.221 bits per heavy atom. The molecule has 0 aliphatic carbocycles. The maximum Gasteiger partial charge on any atom is 0.0831 e. The Hall–Kier alpha value is 2.60. The summed E-state index contributed by atoms with van der Waals surface area (Å²) in [5, 5.41) is 0. The van der Waals surface area contributed by atoms with Crippen LogP contribution >= 0.6 is 0 Å². The van der Waals surface area contributed by atoms with Crippen LogP contribution in [-0.2, 0) is 0 Å². The van der Waals surface area contributed by atoms with Crippen molar-refractivity contribution in [3.05, 3.63) is 0 Å². The SMILES string of the molecule is C.C.C.C.CC(C)[N+]1(C)CCCC1.CC(C)[N+]1(C)CCCC1.CC(C)[N+]1(C)CCCCC1.CC(C)[N+]1(C)CCCCC1.CC(C)[N+]1(C)CCCCCC1.CC(C)[N+]1(C)CCCCCC1.CC[N+](C)(CC)C(C)C.CC[N+](C)(CC)C(C)C.[I-].[I-].[I-].[I-]. The van der Waals surface area contributed by atoms with Gasteiger partial charge < -0.3 is 132 Å². The highest BCUT2D eigenvalue weighted by Crippen LogP contribution is 2.24. The molecule has 0 N–H and O–H groups in total. The van der Waals surface area contributed by atoms with Gasteiger partial charge in [-0.1, -0.05) is 29.7 Å². The molecule has 6 heterocycles. The molecule has 6 saturated heterocycles. The number of likely N-dealkylation sites (tertiary alicyclic amines) is 6. The van der Waals surface area contributed by atoms with E-state index in [2.05, 4.69) is 195 Å². The Balaban J connectivity index is -0.0000000948. The first-order valence-corrected chi connectivity index (χ1v) is 34.8. The molecule has 0 bridgehead atoms. The fourth-order valence-corrected chi connectivity index (χ4v) is 12.4. The zero-order chi connectivity index (χ0) is 60.7. The molecular weight excluding hydrogens is 1510 g/mol. The molecule has 0 saturated carbocycles. The van der Waals surface area contributed by atoms with Gasteiger partial charge in [-0.05, 0) is 228 Å². The van der Waals surface area contributed by atoms with Crippen molar-refractivity contribution in [2.45, 2.75) is 332 Å². The average molecular weight is 1690 g/mol. The fraction of sp³-hybridized carbons (Fsp3) is 1.00. The van der Waals surface area contributed by atoms with E-state index in [9.17, 15) is 0 Å². The molecule has 0 spiro atoms. The molecular formula is C74H176I4N8+4. The first-order valence-electron chi connectivity index (χ1n) is 34.8. The predicted octanol–water partition coefficient (Wildman–Crippen LogP) is 6.47. The lowest BCUT2D eigenvalue weighted by molar-refractivity contribution is -0.933. The highest BCUT2D eigenvalue weighted by atomic mass is 127. The zero-order valence-corrected chi connectivity index (χ0v) is 70.4. The Labute approximate surface area is 619 Å². The van der Waals surface area contributed by atoms with Crippen LogP contribution < -0.4 is 95.9 Å². The number of halogens is 4. The van der Waals surface area contributed by atoms with Crippen molar-refractivity contribution in [1.29, 1.82) is 0 Å². The highest BCUT2D eigenvalue weighted by Gasteiger charge is 2.32. The van der Waals surface area contributed by atoms with Crippen molar-refractivity contribution in [2.75, 3.05) is 161 Å². The van der Waals surface area contributed by atoms with E-state index in [1.807, 2.05) is 0 Å². The lowest BCUT2D eigenvalue weighted by Gasteiger charge is -2.41. The Morgan fingerprint density at radius 2 is 0.314 bits per heavy atom. The Morgan fingerprint density at radius 3 is 0.384 bits per heavy atom. The van der Waals surface area contributed by atoms with E-state index in [0.717, 1.165) is 48.3 Å². The molecule has 6 aliphatic heterocycles. The van der Waals surface area contributed by atoms with Gasteiger partial charge >= 0.3 is 0 Å². The van der Waals surface area contributed by atoms with Gasteiger partial charge in [0.25, 0.3) is 0 Å². The molecule has 0 aromatic heterocycles. The van der Waals surface area contributed by atoms with Gasteiger partial charge in [-0.15, -0.1) is 0 Å². The lowest BCUT2D eigenvalue weighted by atomic mass is 10.1. The minimum absolute atomic E-state index is 0. The molecule has 0 atom stereocenters. The van der Waals surface area contributed by atoms with E-state index >= 15 is 0 Å². The van der Waals surface area contributed by atoms with Gasteiger partial charge in [-0.25, -0.2) is 0 Å². The predicted molar refractivity (Wildman–Crippen MR) is 381 cm³/mol. The van der Waals surface area contributed by atoms with Gasteiger partial charge in [0.05, 0.1) is 209 Å². The van der Waals surface area contributed by atoms with Crippen LogP contribution in [0.4, 0.5) is 0 Å². The molecule has 536 valence electrons. The monoisotopic (exact) mass is 1690 g/mol. The van der Waals surface area contributed by atoms with E-state index in [-0.39, 0.29) is 126 Å². The van der Waals surface area contributed by atoms with Crippen LogP contribution in [0.25, 0.3) is 0 Å². The fourth-order valence-electron chi connectivity index (χ4n) is 12.4. The molecule has 86 heavy (non-hydrogen) atoms. The third kappa shape index (κ3) is 42.2. The second-order valence-electron chi connectivity index (χ2n) is 30.9. The van der Waals surface area contributed by atoms with Crippen LogP contribution in [0.5, 0.6) is 0 Å². The number of hydrogen-bond acceptors (Lipinski definition) is 0. The number of nitrogens with zero attached hydrogens (tertiary/aromatic N) is 8. The summed E-state index contributed by atoms with van der Waals surface area (Å²) < 4.78 is 10.2. The minimum atomic E-state index is 0. The maximum atomic E-state index is 2.41. The summed E-state index contributed by atoms with van der Waals surface area (Å²) in [7, 11) is 19.0. The van der Waals surface area contributed by atoms with Crippen molar-refractivity contribution in [3.8, 4) is 0 Å². The summed E-state index contributed by atoms with van der Waals surface area (Å²) >= 11 is 0. The quantitative estimate of drug-likeness (QED) is 0.156. The Bertz CT molecular complexity index is 1290. The molecule has 0 amide bonds. The van der Waals surface area contributed by atoms with Crippen molar-refractivity contribution in [1.82, 2.24) is 0 Å². The van der Waals surface area contributed by atoms with Crippen molar-refractivity contribution in [2.24, 2.45) is 0 Å². The van der Waals surface area contributed by atoms with E-state index in [0.29, 0.717) is 0 Å². The second-order valence-corrected chi connectivity index (χ2v) is 30.9. The minimum Gasteiger partial charge on any atom is -1.00 e. The van der Waals surface area contributed by atoms with Crippen LogP contribution in [-0.4, -0.2) is 245 Å². The molecule has 12 heteroatoms. The highest BCUT2D eigenvalue weighted by molar-refractivity contribution is 4.59. The smallest absolute Gasteiger partial charge is 0.0831 e. The van der Waals surface area contributed by atoms with Gasteiger partial charge in [0.1, 0.15) is 0 Å². The molecule has 0 radical (unpaired) electrons. The van der Waals surface area contributed by atoms with E-state index in [4.69, 9.17) is 0 Å². The van der Waals surface area contributed by atoms with Crippen molar-refractivity contribution in [3.63, 3.8) is 0 Å². The van der Waals surface area contributed by atoms with Gasteiger partial charge in [-0.2, -0.15) is 0 Å². The molecule has 0 unspecified atom stereocenters. The Kier molecular flexibility index (Phi) is 71.3. The van der Waals surface area contributed by atoms with E-state index in [1.54, 1.807) is 0 Å². The lowest BCUT2D eigenvalue weighted by Crippen LogP contribution is -3.00.